The summed E-state index contributed by atoms with van der Waals surface area (Å²) in [5.74, 6) is 0.872. The molecular formula is C14H19BrClNO2. The summed E-state index contributed by atoms with van der Waals surface area (Å²) in [6.45, 7) is 4.26. The van der Waals surface area contributed by atoms with Crippen LogP contribution < -0.4 is 10.1 Å². The lowest BCUT2D eigenvalue weighted by Crippen LogP contribution is -2.37. The number of halogens is 2. The zero-order valence-electron chi connectivity index (χ0n) is 11.4. The van der Waals surface area contributed by atoms with Gasteiger partial charge in [0.2, 0.25) is 0 Å². The molecule has 1 aromatic carbocycles. The fraction of sp³-hybridized carbons (Fsp3) is 0.500. The Hall–Kier alpha value is -0.740. The Bertz CT molecular complexity index is 437. The van der Waals surface area contributed by atoms with Crippen molar-refractivity contribution in [3.63, 3.8) is 0 Å². The average molecular weight is 349 g/mol. The lowest BCUT2D eigenvalue weighted by Gasteiger charge is -2.19. The Labute approximate surface area is 127 Å². The molecule has 3 nitrogen and oxygen atoms in total. The topological polar surface area (TPSA) is 38.3 Å². The van der Waals surface area contributed by atoms with Crippen molar-refractivity contribution in [1.29, 1.82) is 0 Å². The molecule has 1 rings (SSSR count). The number of carbonyl (C=O) groups is 1. The predicted octanol–water partition coefficient (Wildman–Crippen LogP) is 3.89. The summed E-state index contributed by atoms with van der Waals surface area (Å²) in [4.78, 5) is 12.2. The van der Waals surface area contributed by atoms with Crippen LogP contribution in [-0.4, -0.2) is 24.4 Å². The fourth-order valence-electron chi connectivity index (χ4n) is 1.85. The van der Waals surface area contributed by atoms with Crippen LogP contribution in [0.2, 0.25) is 5.02 Å². The van der Waals surface area contributed by atoms with E-state index in [4.69, 9.17) is 16.3 Å². The number of carbonyl (C=O) groups excluding carboxylic acids is 1. The first-order chi connectivity index (χ1) is 8.97. The molecule has 5 heteroatoms. The molecule has 19 heavy (non-hydrogen) atoms. The Kier molecular flexibility index (Phi) is 6.66. The molecule has 0 fully saturated rings. The van der Waals surface area contributed by atoms with Crippen molar-refractivity contribution >= 4 is 33.4 Å². The van der Waals surface area contributed by atoms with E-state index in [-0.39, 0.29) is 11.9 Å². The highest BCUT2D eigenvalue weighted by Crippen LogP contribution is 2.23. The van der Waals surface area contributed by atoms with E-state index in [9.17, 15) is 4.79 Å². The minimum absolute atomic E-state index is 0.105. The van der Waals surface area contributed by atoms with Crippen molar-refractivity contribution in [3.05, 3.63) is 28.8 Å². The first-order valence-electron chi connectivity index (χ1n) is 6.18. The lowest BCUT2D eigenvalue weighted by atomic mass is 10.0. The van der Waals surface area contributed by atoms with Gasteiger partial charge in [0.25, 0.3) is 5.91 Å². The van der Waals surface area contributed by atoms with Gasteiger partial charge in [0, 0.05) is 16.4 Å². The van der Waals surface area contributed by atoms with Crippen molar-refractivity contribution in [3.8, 4) is 5.75 Å². The molecule has 0 aliphatic heterocycles. The zero-order chi connectivity index (χ0) is 14.4. The predicted molar refractivity (Wildman–Crippen MR) is 82.5 cm³/mol. The largest absolute Gasteiger partial charge is 0.496 e. The summed E-state index contributed by atoms with van der Waals surface area (Å²) in [6.07, 6.45) is 0.924. The number of rotatable bonds is 6. The second-order valence-corrected chi connectivity index (χ2v) is 5.88. The number of hydrogen-bond donors (Lipinski definition) is 1. The van der Waals surface area contributed by atoms with Crippen molar-refractivity contribution < 1.29 is 9.53 Å². The van der Waals surface area contributed by atoms with Crippen molar-refractivity contribution in [2.45, 2.75) is 26.3 Å². The molecule has 0 radical (unpaired) electrons. The fourth-order valence-corrected chi connectivity index (χ4v) is 2.43. The Morgan fingerprint density at radius 3 is 2.68 bits per heavy atom. The van der Waals surface area contributed by atoms with Gasteiger partial charge in [0.15, 0.2) is 0 Å². The van der Waals surface area contributed by atoms with E-state index in [0.717, 1.165) is 11.8 Å². The van der Waals surface area contributed by atoms with E-state index in [2.05, 4.69) is 35.1 Å². The molecule has 106 valence electrons. The number of benzene rings is 1. The van der Waals surface area contributed by atoms with Gasteiger partial charge in [-0.25, -0.2) is 0 Å². The summed E-state index contributed by atoms with van der Waals surface area (Å²) < 4.78 is 5.19. The third-order valence-corrected chi connectivity index (χ3v) is 3.70. The molecule has 0 saturated carbocycles. The molecule has 1 unspecified atom stereocenters. The molecule has 1 aromatic rings. The monoisotopic (exact) mass is 347 g/mol. The number of ether oxygens (including phenoxy) is 1. The minimum atomic E-state index is -0.140. The molecule has 0 aliphatic carbocycles. The first-order valence-corrected chi connectivity index (χ1v) is 7.68. The second-order valence-electron chi connectivity index (χ2n) is 4.80. The van der Waals surface area contributed by atoms with Crippen LogP contribution in [0.1, 0.15) is 30.6 Å². The van der Waals surface area contributed by atoms with Gasteiger partial charge in [-0.1, -0.05) is 41.4 Å². The molecule has 1 amide bonds. The van der Waals surface area contributed by atoms with Crippen LogP contribution in [0.4, 0.5) is 0 Å². The number of alkyl halides is 1. The lowest BCUT2D eigenvalue weighted by molar-refractivity contribution is 0.0934. The van der Waals surface area contributed by atoms with E-state index in [0.29, 0.717) is 22.3 Å². The molecule has 0 saturated heterocycles. The van der Waals surface area contributed by atoms with Crippen molar-refractivity contribution in [1.82, 2.24) is 5.32 Å². The molecular weight excluding hydrogens is 330 g/mol. The summed E-state index contributed by atoms with van der Waals surface area (Å²) in [5, 5.41) is 4.28. The highest BCUT2D eigenvalue weighted by atomic mass is 79.9. The minimum Gasteiger partial charge on any atom is -0.496 e. The smallest absolute Gasteiger partial charge is 0.255 e. The van der Waals surface area contributed by atoms with Crippen LogP contribution in [0.15, 0.2) is 18.2 Å². The SMILES string of the molecule is COc1cc(Cl)ccc1C(=O)NC(CBr)CC(C)C. The van der Waals surface area contributed by atoms with Gasteiger partial charge in [-0.2, -0.15) is 0 Å². The maximum absolute atomic E-state index is 12.2. The molecule has 0 heterocycles. The Balaban J connectivity index is 2.82. The van der Waals surface area contributed by atoms with Gasteiger partial charge in [-0.3, -0.25) is 4.79 Å². The van der Waals surface area contributed by atoms with Gasteiger partial charge in [-0.05, 0) is 30.5 Å². The molecule has 0 aromatic heterocycles. The average Bonchev–Trinajstić information content (AvgIpc) is 2.36. The van der Waals surface area contributed by atoms with Gasteiger partial charge in [-0.15, -0.1) is 0 Å². The van der Waals surface area contributed by atoms with Gasteiger partial charge in [0.1, 0.15) is 5.75 Å². The summed E-state index contributed by atoms with van der Waals surface area (Å²) >= 11 is 9.31. The maximum atomic E-state index is 12.2. The van der Waals surface area contributed by atoms with Crippen LogP contribution in [0.5, 0.6) is 5.75 Å². The quantitative estimate of drug-likeness (QED) is 0.792. The van der Waals surface area contributed by atoms with E-state index >= 15 is 0 Å². The third-order valence-electron chi connectivity index (χ3n) is 2.69. The van der Waals surface area contributed by atoms with E-state index in [1.54, 1.807) is 18.2 Å². The maximum Gasteiger partial charge on any atom is 0.255 e. The first kappa shape index (κ1) is 16.3. The third kappa shape index (κ3) is 5.03. The zero-order valence-corrected chi connectivity index (χ0v) is 13.7. The summed E-state index contributed by atoms with van der Waals surface area (Å²) in [6, 6.07) is 5.11. The van der Waals surface area contributed by atoms with Crippen LogP contribution in [-0.2, 0) is 0 Å². The molecule has 1 atom stereocenters. The molecule has 0 bridgehead atoms. The number of methoxy groups -OCH3 is 1. The van der Waals surface area contributed by atoms with Crippen LogP contribution in [0.25, 0.3) is 0 Å². The van der Waals surface area contributed by atoms with Crippen LogP contribution in [0, 0.1) is 5.92 Å². The summed E-state index contributed by atoms with van der Waals surface area (Å²) in [5.41, 5.74) is 0.501. The van der Waals surface area contributed by atoms with Crippen LogP contribution >= 0.6 is 27.5 Å². The van der Waals surface area contributed by atoms with Gasteiger partial charge in [0.05, 0.1) is 12.7 Å². The van der Waals surface area contributed by atoms with Gasteiger partial charge >= 0.3 is 0 Å². The summed E-state index contributed by atoms with van der Waals surface area (Å²) in [7, 11) is 1.53. The van der Waals surface area contributed by atoms with Crippen molar-refractivity contribution in [2.75, 3.05) is 12.4 Å². The second kappa shape index (κ2) is 7.75. The molecule has 0 aliphatic rings. The van der Waals surface area contributed by atoms with E-state index < -0.39 is 0 Å². The molecule has 1 N–H and O–H groups in total. The number of hydrogen-bond acceptors (Lipinski definition) is 2. The molecule has 0 spiro atoms. The van der Waals surface area contributed by atoms with Crippen molar-refractivity contribution in [2.24, 2.45) is 5.92 Å². The highest BCUT2D eigenvalue weighted by molar-refractivity contribution is 9.09. The standard InChI is InChI=1S/C14H19BrClNO2/c1-9(2)6-11(8-15)17-14(18)12-5-4-10(16)7-13(12)19-3/h4-5,7,9,11H,6,8H2,1-3H3,(H,17,18). The Morgan fingerprint density at radius 2 is 2.16 bits per heavy atom. The van der Waals surface area contributed by atoms with E-state index in [1.165, 1.54) is 7.11 Å². The number of amides is 1. The Morgan fingerprint density at radius 1 is 1.47 bits per heavy atom. The van der Waals surface area contributed by atoms with Crippen LogP contribution in [0.3, 0.4) is 0 Å². The number of nitrogens with one attached hydrogen (secondary N) is 1. The normalized spacial score (nSPS) is 12.3. The highest BCUT2D eigenvalue weighted by Gasteiger charge is 2.17. The van der Waals surface area contributed by atoms with Gasteiger partial charge < -0.3 is 10.1 Å². The van der Waals surface area contributed by atoms with E-state index in [1.807, 2.05) is 0 Å².